The monoisotopic (exact) mass is 242 g/mol. The molecule has 1 saturated heterocycles. The van der Waals surface area contributed by atoms with Gasteiger partial charge in [-0.05, 0) is 12.2 Å². The quantitative estimate of drug-likeness (QED) is 0.700. The van der Waals surface area contributed by atoms with E-state index in [0.717, 1.165) is 17.9 Å². The Hall–Kier alpha value is -0.730. The van der Waals surface area contributed by atoms with Gasteiger partial charge in [0.25, 0.3) is 0 Å². The van der Waals surface area contributed by atoms with Crippen LogP contribution in [0, 0.1) is 17.2 Å². The van der Waals surface area contributed by atoms with E-state index in [1.54, 1.807) is 12.0 Å². The van der Waals surface area contributed by atoms with Crippen LogP contribution >= 0.6 is 11.8 Å². The van der Waals surface area contributed by atoms with Crippen molar-refractivity contribution < 1.29 is 9.53 Å². The number of carbonyl (C=O) groups is 1. The topological polar surface area (TPSA) is 53.3 Å². The molecule has 1 atom stereocenters. The van der Waals surface area contributed by atoms with Gasteiger partial charge in [-0.15, -0.1) is 0 Å². The first kappa shape index (κ1) is 13.3. The lowest BCUT2D eigenvalue weighted by Gasteiger charge is -2.24. The predicted molar refractivity (Wildman–Crippen MR) is 64.1 cm³/mol. The number of ether oxygens (including phenoxy) is 1. The van der Waals surface area contributed by atoms with Gasteiger partial charge in [0.2, 0.25) is 5.91 Å². The fraction of sp³-hybridized carbons (Fsp3) is 0.818. The molecule has 0 saturated carbocycles. The van der Waals surface area contributed by atoms with Gasteiger partial charge < -0.3 is 9.64 Å². The lowest BCUT2D eigenvalue weighted by atomic mass is 10.1. The first-order chi connectivity index (χ1) is 7.79. The van der Waals surface area contributed by atoms with Crippen LogP contribution in [0.3, 0.4) is 0 Å². The molecule has 1 aliphatic rings. The van der Waals surface area contributed by atoms with Crippen molar-refractivity contribution >= 4 is 17.7 Å². The molecule has 0 N–H and O–H groups in total. The molecular weight excluding hydrogens is 224 g/mol. The largest absolute Gasteiger partial charge is 0.383 e. The average molecular weight is 242 g/mol. The SMILES string of the molecule is COCCN(CCC#N)C(=O)C1CCSC1. The lowest BCUT2D eigenvalue weighted by molar-refractivity contribution is -0.135. The molecule has 5 heteroatoms. The summed E-state index contributed by atoms with van der Waals surface area (Å²) < 4.78 is 4.98. The van der Waals surface area contributed by atoms with Crippen LogP contribution in [0.2, 0.25) is 0 Å². The Morgan fingerprint density at radius 3 is 3.00 bits per heavy atom. The third-order valence-corrected chi connectivity index (χ3v) is 3.81. The Labute approximate surface area is 101 Å². The van der Waals surface area contributed by atoms with Crippen molar-refractivity contribution in [2.75, 3.05) is 38.3 Å². The summed E-state index contributed by atoms with van der Waals surface area (Å²) in [6, 6.07) is 2.08. The zero-order valence-electron chi connectivity index (χ0n) is 9.65. The molecule has 1 fully saturated rings. The molecule has 1 amide bonds. The minimum Gasteiger partial charge on any atom is -0.383 e. The molecular formula is C11H18N2O2S. The van der Waals surface area contributed by atoms with Crippen molar-refractivity contribution in [3.63, 3.8) is 0 Å². The molecule has 0 aromatic rings. The summed E-state index contributed by atoms with van der Waals surface area (Å²) in [5.74, 6) is 2.35. The van der Waals surface area contributed by atoms with Crippen LogP contribution in [0.1, 0.15) is 12.8 Å². The number of hydrogen-bond acceptors (Lipinski definition) is 4. The third kappa shape index (κ3) is 4.03. The Kier molecular flexibility index (Phi) is 6.27. The molecule has 0 radical (unpaired) electrons. The minimum atomic E-state index is 0.153. The van der Waals surface area contributed by atoms with Gasteiger partial charge in [-0.1, -0.05) is 0 Å². The zero-order valence-corrected chi connectivity index (χ0v) is 10.5. The smallest absolute Gasteiger partial charge is 0.226 e. The van der Waals surface area contributed by atoms with Crippen molar-refractivity contribution in [3.05, 3.63) is 0 Å². The summed E-state index contributed by atoms with van der Waals surface area (Å²) in [6.07, 6.45) is 1.37. The second kappa shape index (κ2) is 7.53. The van der Waals surface area contributed by atoms with E-state index >= 15 is 0 Å². The second-order valence-corrected chi connectivity index (χ2v) is 4.94. The molecule has 0 aromatic heterocycles. The number of amides is 1. The molecule has 4 nitrogen and oxygen atoms in total. The minimum absolute atomic E-state index is 0.153. The summed E-state index contributed by atoms with van der Waals surface area (Å²) in [5.41, 5.74) is 0. The number of carbonyl (C=O) groups excluding carboxylic acids is 1. The van der Waals surface area contributed by atoms with Gasteiger partial charge in [0, 0.05) is 31.9 Å². The highest BCUT2D eigenvalue weighted by Gasteiger charge is 2.27. The zero-order chi connectivity index (χ0) is 11.8. The van der Waals surface area contributed by atoms with E-state index in [1.807, 2.05) is 11.8 Å². The van der Waals surface area contributed by atoms with E-state index in [9.17, 15) is 4.79 Å². The van der Waals surface area contributed by atoms with E-state index in [-0.39, 0.29) is 11.8 Å². The van der Waals surface area contributed by atoms with Gasteiger partial charge in [-0.25, -0.2) is 0 Å². The van der Waals surface area contributed by atoms with Gasteiger partial charge in [0.1, 0.15) is 0 Å². The number of methoxy groups -OCH3 is 1. The molecule has 0 bridgehead atoms. The molecule has 0 aliphatic carbocycles. The first-order valence-electron chi connectivity index (χ1n) is 5.52. The Morgan fingerprint density at radius 1 is 1.62 bits per heavy atom. The van der Waals surface area contributed by atoms with Crippen LogP contribution < -0.4 is 0 Å². The fourth-order valence-electron chi connectivity index (χ4n) is 1.71. The van der Waals surface area contributed by atoms with Gasteiger partial charge >= 0.3 is 0 Å². The highest BCUT2D eigenvalue weighted by molar-refractivity contribution is 7.99. The Balaban J connectivity index is 2.45. The van der Waals surface area contributed by atoms with Crippen LogP contribution in [-0.2, 0) is 9.53 Å². The Morgan fingerprint density at radius 2 is 2.44 bits per heavy atom. The Bertz CT molecular complexity index is 259. The van der Waals surface area contributed by atoms with E-state index in [2.05, 4.69) is 6.07 Å². The highest BCUT2D eigenvalue weighted by Crippen LogP contribution is 2.25. The number of nitrogens with zero attached hydrogens (tertiary/aromatic N) is 2. The third-order valence-electron chi connectivity index (χ3n) is 2.65. The normalized spacial score (nSPS) is 19.4. The maximum Gasteiger partial charge on any atom is 0.226 e. The number of hydrogen-bond donors (Lipinski definition) is 0. The van der Waals surface area contributed by atoms with E-state index in [0.29, 0.717) is 26.1 Å². The summed E-state index contributed by atoms with van der Waals surface area (Å²) in [4.78, 5) is 13.9. The van der Waals surface area contributed by atoms with E-state index in [4.69, 9.17) is 10.00 Å². The molecule has 1 unspecified atom stereocenters. The lowest BCUT2D eigenvalue weighted by Crippen LogP contribution is -2.39. The molecule has 1 rings (SSSR count). The summed E-state index contributed by atoms with van der Waals surface area (Å²) in [7, 11) is 1.62. The van der Waals surface area contributed by atoms with Crippen LogP contribution in [0.25, 0.3) is 0 Å². The van der Waals surface area contributed by atoms with Crippen molar-refractivity contribution in [1.82, 2.24) is 4.90 Å². The van der Waals surface area contributed by atoms with Crippen molar-refractivity contribution in [1.29, 1.82) is 5.26 Å². The molecule has 16 heavy (non-hydrogen) atoms. The van der Waals surface area contributed by atoms with Crippen molar-refractivity contribution in [3.8, 4) is 6.07 Å². The standard InChI is InChI=1S/C11H18N2O2S/c1-15-7-6-13(5-2-4-12)11(14)10-3-8-16-9-10/h10H,2-3,5-9H2,1H3. The molecule has 1 aliphatic heterocycles. The molecule has 0 aromatic carbocycles. The fourth-order valence-corrected chi connectivity index (χ4v) is 2.92. The highest BCUT2D eigenvalue weighted by atomic mass is 32.2. The second-order valence-electron chi connectivity index (χ2n) is 3.79. The van der Waals surface area contributed by atoms with Gasteiger partial charge in [0.15, 0.2) is 0 Å². The van der Waals surface area contributed by atoms with Crippen LogP contribution in [0.4, 0.5) is 0 Å². The van der Waals surface area contributed by atoms with E-state index in [1.165, 1.54) is 0 Å². The average Bonchev–Trinajstić information content (AvgIpc) is 2.82. The van der Waals surface area contributed by atoms with Crippen LogP contribution in [0.5, 0.6) is 0 Å². The number of rotatable bonds is 6. The summed E-state index contributed by atoms with van der Waals surface area (Å²) in [6.45, 7) is 1.66. The summed E-state index contributed by atoms with van der Waals surface area (Å²) >= 11 is 1.83. The van der Waals surface area contributed by atoms with Crippen molar-refractivity contribution in [2.45, 2.75) is 12.8 Å². The molecule has 1 heterocycles. The van der Waals surface area contributed by atoms with Gasteiger partial charge in [0.05, 0.1) is 19.1 Å². The molecule has 90 valence electrons. The number of nitriles is 1. The van der Waals surface area contributed by atoms with Crippen LogP contribution in [0.15, 0.2) is 0 Å². The van der Waals surface area contributed by atoms with E-state index < -0.39 is 0 Å². The summed E-state index contributed by atoms with van der Waals surface area (Å²) in [5, 5.41) is 8.56. The maximum absolute atomic E-state index is 12.1. The molecule has 0 spiro atoms. The van der Waals surface area contributed by atoms with Crippen molar-refractivity contribution in [2.24, 2.45) is 5.92 Å². The first-order valence-corrected chi connectivity index (χ1v) is 6.67. The van der Waals surface area contributed by atoms with Gasteiger partial charge in [-0.3, -0.25) is 4.79 Å². The van der Waals surface area contributed by atoms with Crippen LogP contribution in [-0.4, -0.2) is 49.1 Å². The predicted octanol–water partition coefficient (Wildman–Crippen LogP) is 1.13. The maximum atomic E-state index is 12.1. The number of thioether (sulfide) groups is 1. The van der Waals surface area contributed by atoms with Gasteiger partial charge in [-0.2, -0.15) is 17.0 Å².